The van der Waals surface area contributed by atoms with Crippen LogP contribution in [0.4, 0.5) is 11.8 Å². The minimum absolute atomic E-state index is 0.183. The SMILES string of the molecule is CCc1cc2c(NC3(C)CCC3)nc(N)nc2s1. The van der Waals surface area contributed by atoms with Crippen LogP contribution < -0.4 is 11.1 Å². The summed E-state index contributed by atoms with van der Waals surface area (Å²) < 4.78 is 0. The molecule has 0 bridgehead atoms. The molecule has 4 nitrogen and oxygen atoms in total. The number of nitrogens with two attached hydrogens (primary N) is 1. The maximum atomic E-state index is 5.80. The fourth-order valence-corrected chi connectivity index (χ4v) is 3.35. The second-order valence-electron chi connectivity index (χ2n) is 5.25. The number of nitrogens with one attached hydrogen (secondary N) is 1. The van der Waals surface area contributed by atoms with Gasteiger partial charge in [0.25, 0.3) is 0 Å². The van der Waals surface area contributed by atoms with E-state index in [1.54, 1.807) is 11.3 Å². The molecule has 1 saturated carbocycles. The van der Waals surface area contributed by atoms with Crippen LogP contribution in [0.2, 0.25) is 0 Å². The Kier molecular flexibility index (Phi) is 2.66. The quantitative estimate of drug-likeness (QED) is 0.891. The molecular formula is C13H18N4S. The molecule has 1 aliphatic rings. The number of nitrogens with zero attached hydrogens (tertiary/aromatic N) is 2. The van der Waals surface area contributed by atoms with E-state index in [1.807, 2.05) is 0 Å². The van der Waals surface area contributed by atoms with Crippen molar-refractivity contribution in [3.8, 4) is 0 Å². The van der Waals surface area contributed by atoms with Gasteiger partial charge in [-0.1, -0.05) is 6.92 Å². The van der Waals surface area contributed by atoms with Crippen molar-refractivity contribution in [2.75, 3.05) is 11.1 Å². The number of hydrogen-bond acceptors (Lipinski definition) is 5. The lowest BCUT2D eigenvalue weighted by Gasteiger charge is -2.39. The summed E-state index contributed by atoms with van der Waals surface area (Å²) in [5.41, 5.74) is 5.98. The molecule has 2 aromatic rings. The normalized spacial score (nSPS) is 17.7. The first-order valence-electron chi connectivity index (χ1n) is 6.44. The second kappa shape index (κ2) is 4.09. The number of anilines is 2. The van der Waals surface area contributed by atoms with E-state index in [4.69, 9.17) is 5.73 Å². The van der Waals surface area contributed by atoms with Gasteiger partial charge in [0.15, 0.2) is 0 Å². The predicted molar refractivity (Wildman–Crippen MR) is 77.1 cm³/mol. The van der Waals surface area contributed by atoms with Gasteiger partial charge < -0.3 is 11.1 Å². The minimum Gasteiger partial charge on any atom is -0.368 e. The highest BCUT2D eigenvalue weighted by Crippen LogP contribution is 2.37. The summed E-state index contributed by atoms with van der Waals surface area (Å²) in [4.78, 5) is 11.0. The average molecular weight is 262 g/mol. The van der Waals surface area contributed by atoms with Crippen molar-refractivity contribution in [1.29, 1.82) is 0 Å². The van der Waals surface area contributed by atoms with Crippen LogP contribution in [0.1, 0.15) is 38.0 Å². The molecule has 3 N–H and O–H groups in total. The van der Waals surface area contributed by atoms with Crippen molar-refractivity contribution in [2.45, 2.75) is 45.1 Å². The molecule has 0 radical (unpaired) electrons. The Bertz CT molecular complexity index is 586. The molecule has 3 rings (SSSR count). The highest BCUT2D eigenvalue weighted by atomic mass is 32.1. The van der Waals surface area contributed by atoms with E-state index in [0.29, 0.717) is 5.95 Å². The van der Waals surface area contributed by atoms with Gasteiger partial charge >= 0.3 is 0 Å². The zero-order valence-corrected chi connectivity index (χ0v) is 11.6. The summed E-state index contributed by atoms with van der Waals surface area (Å²) in [6, 6.07) is 2.18. The van der Waals surface area contributed by atoms with Crippen LogP contribution in [0.3, 0.4) is 0 Å². The van der Waals surface area contributed by atoms with Gasteiger partial charge in [0.2, 0.25) is 5.95 Å². The molecule has 1 fully saturated rings. The topological polar surface area (TPSA) is 63.8 Å². The first-order chi connectivity index (χ1) is 8.59. The lowest BCUT2D eigenvalue weighted by Crippen LogP contribution is -2.42. The van der Waals surface area contributed by atoms with Crippen molar-refractivity contribution >= 4 is 33.3 Å². The summed E-state index contributed by atoms with van der Waals surface area (Å²) >= 11 is 1.71. The van der Waals surface area contributed by atoms with Crippen molar-refractivity contribution < 1.29 is 0 Å². The molecule has 0 unspecified atom stereocenters. The molecule has 5 heteroatoms. The monoisotopic (exact) mass is 262 g/mol. The van der Waals surface area contributed by atoms with Gasteiger partial charge in [0.05, 0.1) is 5.39 Å². The van der Waals surface area contributed by atoms with Crippen molar-refractivity contribution in [2.24, 2.45) is 0 Å². The van der Waals surface area contributed by atoms with Gasteiger partial charge in [-0.15, -0.1) is 11.3 Å². The molecule has 18 heavy (non-hydrogen) atoms. The number of aromatic nitrogens is 2. The van der Waals surface area contributed by atoms with Gasteiger partial charge in [-0.25, -0.2) is 4.98 Å². The highest BCUT2D eigenvalue weighted by Gasteiger charge is 2.32. The van der Waals surface area contributed by atoms with Crippen molar-refractivity contribution in [3.63, 3.8) is 0 Å². The fraction of sp³-hybridized carbons (Fsp3) is 0.538. The smallest absolute Gasteiger partial charge is 0.223 e. The Morgan fingerprint density at radius 1 is 1.44 bits per heavy atom. The summed E-state index contributed by atoms with van der Waals surface area (Å²) in [6.45, 7) is 4.40. The third-order valence-electron chi connectivity index (χ3n) is 3.69. The number of aryl methyl sites for hydroxylation is 1. The summed E-state index contributed by atoms with van der Waals surface area (Å²) in [6.07, 6.45) is 4.71. The Hall–Kier alpha value is -1.36. The number of hydrogen-bond donors (Lipinski definition) is 2. The lowest BCUT2D eigenvalue weighted by molar-refractivity contribution is 0.306. The first-order valence-corrected chi connectivity index (χ1v) is 7.25. The Balaban J connectivity index is 2.05. The van der Waals surface area contributed by atoms with E-state index in [-0.39, 0.29) is 5.54 Å². The zero-order chi connectivity index (χ0) is 12.8. The van der Waals surface area contributed by atoms with E-state index in [1.165, 1.54) is 24.1 Å². The highest BCUT2D eigenvalue weighted by molar-refractivity contribution is 7.18. The largest absolute Gasteiger partial charge is 0.368 e. The van der Waals surface area contributed by atoms with E-state index in [0.717, 1.165) is 22.5 Å². The molecule has 96 valence electrons. The maximum Gasteiger partial charge on any atom is 0.223 e. The van der Waals surface area contributed by atoms with Crippen LogP contribution in [0, 0.1) is 0 Å². The molecule has 0 aliphatic heterocycles. The molecule has 0 atom stereocenters. The average Bonchev–Trinajstić information content (AvgIpc) is 2.70. The van der Waals surface area contributed by atoms with Crippen LogP contribution in [0.25, 0.3) is 10.2 Å². The summed E-state index contributed by atoms with van der Waals surface area (Å²) in [5, 5.41) is 4.66. The molecular weight excluding hydrogens is 244 g/mol. The maximum absolute atomic E-state index is 5.80. The van der Waals surface area contributed by atoms with Crippen LogP contribution in [-0.4, -0.2) is 15.5 Å². The van der Waals surface area contributed by atoms with E-state index in [2.05, 4.69) is 35.2 Å². The zero-order valence-electron chi connectivity index (χ0n) is 10.8. The third-order valence-corrected chi connectivity index (χ3v) is 4.86. The number of fused-ring (bicyclic) bond motifs is 1. The Morgan fingerprint density at radius 3 is 2.83 bits per heavy atom. The van der Waals surface area contributed by atoms with Crippen LogP contribution in [0.15, 0.2) is 6.07 Å². The lowest BCUT2D eigenvalue weighted by atomic mass is 9.78. The summed E-state index contributed by atoms with van der Waals surface area (Å²) in [5.74, 6) is 1.26. The molecule has 2 aromatic heterocycles. The van der Waals surface area contributed by atoms with Gasteiger partial charge in [-0.2, -0.15) is 4.98 Å². The van der Waals surface area contributed by atoms with Crippen molar-refractivity contribution in [1.82, 2.24) is 9.97 Å². The Labute approximate surface area is 111 Å². The molecule has 2 heterocycles. The van der Waals surface area contributed by atoms with E-state index < -0.39 is 0 Å². The van der Waals surface area contributed by atoms with Gasteiger partial charge in [0, 0.05) is 10.4 Å². The van der Waals surface area contributed by atoms with Gasteiger partial charge in [0.1, 0.15) is 10.6 Å². The Morgan fingerprint density at radius 2 is 2.22 bits per heavy atom. The van der Waals surface area contributed by atoms with E-state index in [9.17, 15) is 0 Å². The summed E-state index contributed by atoms with van der Waals surface area (Å²) in [7, 11) is 0. The van der Waals surface area contributed by atoms with Gasteiger partial charge in [-0.3, -0.25) is 0 Å². The molecule has 0 amide bonds. The van der Waals surface area contributed by atoms with E-state index >= 15 is 0 Å². The van der Waals surface area contributed by atoms with Gasteiger partial charge in [-0.05, 0) is 38.7 Å². The minimum atomic E-state index is 0.183. The number of thiophene rings is 1. The number of nitrogen functional groups attached to an aromatic ring is 1. The van der Waals surface area contributed by atoms with Crippen LogP contribution in [0.5, 0.6) is 0 Å². The van der Waals surface area contributed by atoms with Crippen LogP contribution >= 0.6 is 11.3 Å². The molecule has 0 aromatic carbocycles. The standard InChI is InChI=1S/C13H18N4S/c1-3-8-7-9-10(17-13(2)5-4-6-13)15-12(14)16-11(9)18-8/h7H,3-6H2,1-2H3,(H3,14,15,16,17). The number of rotatable bonds is 3. The van der Waals surface area contributed by atoms with Crippen LogP contribution in [-0.2, 0) is 6.42 Å². The van der Waals surface area contributed by atoms with Crippen molar-refractivity contribution in [3.05, 3.63) is 10.9 Å². The molecule has 0 spiro atoms. The fourth-order valence-electron chi connectivity index (χ4n) is 2.38. The second-order valence-corrected chi connectivity index (χ2v) is 6.37. The third kappa shape index (κ3) is 1.92. The molecule has 1 aliphatic carbocycles. The molecule has 0 saturated heterocycles. The first kappa shape index (κ1) is 11.7. The predicted octanol–water partition coefficient (Wildman–Crippen LogP) is 3.19.